The quantitative estimate of drug-likeness (QED) is 0.804. The van der Waals surface area contributed by atoms with Gasteiger partial charge in [0.15, 0.2) is 0 Å². The van der Waals surface area contributed by atoms with Gasteiger partial charge >= 0.3 is 0 Å². The summed E-state index contributed by atoms with van der Waals surface area (Å²) in [5.74, 6) is 0.535. The van der Waals surface area contributed by atoms with Crippen LogP contribution >= 0.6 is 11.6 Å². The van der Waals surface area contributed by atoms with E-state index in [0.717, 1.165) is 11.4 Å². The number of hydrogen-bond donors (Lipinski definition) is 1. The maximum Gasteiger partial charge on any atom is 0.239 e. The number of carbonyl (C=O) groups excluding carboxylic acids is 1. The molecule has 0 aliphatic heterocycles. The van der Waals surface area contributed by atoms with E-state index in [1.165, 1.54) is 0 Å². The van der Waals surface area contributed by atoms with Crippen LogP contribution in [0.1, 0.15) is 13.8 Å². The molecule has 1 amide bonds. The summed E-state index contributed by atoms with van der Waals surface area (Å²) in [5.41, 5.74) is 0.719. The van der Waals surface area contributed by atoms with Crippen molar-refractivity contribution in [2.75, 3.05) is 11.2 Å². The fourth-order valence-corrected chi connectivity index (χ4v) is 1.15. The second-order valence-electron chi connectivity index (χ2n) is 3.37. The number of halogens is 1. The molecule has 3 nitrogen and oxygen atoms in total. The Bertz CT molecular complexity index is 322. The molecule has 0 aromatic heterocycles. The molecule has 0 aliphatic carbocycles. The van der Waals surface area contributed by atoms with Gasteiger partial charge in [0, 0.05) is 5.69 Å². The second kappa shape index (κ2) is 5.61. The van der Waals surface area contributed by atoms with Crippen molar-refractivity contribution in [1.29, 1.82) is 0 Å². The van der Waals surface area contributed by atoms with Crippen LogP contribution in [0.5, 0.6) is 5.75 Å². The average molecular weight is 228 g/mol. The van der Waals surface area contributed by atoms with Crippen LogP contribution < -0.4 is 10.1 Å². The molecule has 0 saturated heterocycles. The van der Waals surface area contributed by atoms with Crippen molar-refractivity contribution in [2.24, 2.45) is 0 Å². The zero-order valence-corrected chi connectivity index (χ0v) is 9.54. The molecule has 1 N–H and O–H groups in total. The maximum atomic E-state index is 11.0. The van der Waals surface area contributed by atoms with E-state index < -0.39 is 0 Å². The second-order valence-corrected chi connectivity index (χ2v) is 3.64. The van der Waals surface area contributed by atoms with Crippen LogP contribution in [-0.2, 0) is 4.79 Å². The smallest absolute Gasteiger partial charge is 0.239 e. The van der Waals surface area contributed by atoms with Gasteiger partial charge in [-0.3, -0.25) is 4.79 Å². The maximum absolute atomic E-state index is 11.0. The molecule has 0 atom stereocenters. The number of benzene rings is 1. The third-order valence-corrected chi connectivity index (χ3v) is 1.87. The van der Waals surface area contributed by atoms with Crippen molar-refractivity contribution < 1.29 is 9.53 Å². The molecule has 82 valence electrons. The summed E-state index contributed by atoms with van der Waals surface area (Å²) in [6.07, 6.45) is 0.147. The first kappa shape index (κ1) is 11.9. The molecule has 15 heavy (non-hydrogen) atoms. The van der Waals surface area contributed by atoms with Gasteiger partial charge in [0.05, 0.1) is 6.10 Å². The Labute approximate surface area is 94.4 Å². The number of hydrogen-bond acceptors (Lipinski definition) is 2. The molecule has 1 rings (SSSR count). The van der Waals surface area contributed by atoms with Crippen LogP contribution in [0.3, 0.4) is 0 Å². The number of amides is 1. The van der Waals surface area contributed by atoms with Crippen LogP contribution in [-0.4, -0.2) is 17.9 Å². The van der Waals surface area contributed by atoms with Crippen LogP contribution in [0.2, 0.25) is 0 Å². The van der Waals surface area contributed by atoms with Crippen LogP contribution in [0.15, 0.2) is 24.3 Å². The van der Waals surface area contributed by atoms with Crippen LogP contribution in [0.4, 0.5) is 5.69 Å². The number of carbonyl (C=O) groups is 1. The summed E-state index contributed by atoms with van der Waals surface area (Å²) in [4.78, 5) is 11.0. The summed E-state index contributed by atoms with van der Waals surface area (Å²) in [5, 5.41) is 2.65. The standard InChI is InChI=1S/C11H14ClNO2/c1-8(2)15-10-5-3-9(4-6-10)13-11(14)7-12/h3-6,8H,7H2,1-2H3,(H,13,14). The van der Waals surface area contributed by atoms with E-state index in [4.69, 9.17) is 16.3 Å². The number of ether oxygens (including phenoxy) is 1. The summed E-state index contributed by atoms with van der Waals surface area (Å²) in [6, 6.07) is 7.18. The number of nitrogens with one attached hydrogen (secondary N) is 1. The molecular weight excluding hydrogens is 214 g/mol. The van der Waals surface area contributed by atoms with E-state index in [1.54, 1.807) is 12.1 Å². The summed E-state index contributed by atoms with van der Waals surface area (Å²) in [7, 11) is 0. The summed E-state index contributed by atoms with van der Waals surface area (Å²) >= 11 is 5.37. The zero-order valence-electron chi connectivity index (χ0n) is 8.79. The zero-order chi connectivity index (χ0) is 11.3. The lowest BCUT2D eigenvalue weighted by molar-refractivity contribution is -0.113. The number of alkyl halides is 1. The topological polar surface area (TPSA) is 38.3 Å². The van der Waals surface area contributed by atoms with E-state index in [9.17, 15) is 4.79 Å². The fraction of sp³-hybridized carbons (Fsp3) is 0.364. The Morgan fingerprint density at radius 1 is 1.40 bits per heavy atom. The van der Waals surface area contributed by atoms with Gasteiger partial charge in [-0.25, -0.2) is 0 Å². The first-order chi connectivity index (χ1) is 7.11. The van der Waals surface area contributed by atoms with Crippen molar-refractivity contribution in [3.63, 3.8) is 0 Å². The van der Waals surface area contributed by atoms with Crippen molar-refractivity contribution in [3.8, 4) is 5.75 Å². The summed E-state index contributed by atoms with van der Waals surface area (Å²) < 4.78 is 5.46. The molecule has 0 aliphatic rings. The molecule has 1 aromatic rings. The van der Waals surface area contributed by atoms with Gasteiger partial charge in [-0.1, -0.05) is 0 Å². The van der Waals surface area contributed by atoms with Gasteiger partial charge in [0.2, 0.25) is 5.91 Å². The Kier molecular flexibility index (Phi) is 4.43. The lowest BCUT2D eigenvalue weighted by atomic mass is 10.3. The van der Waals surface area contributed by atoms with Gasteiger partial charge in [0.25, 0.3) is 0 Å². The largest absolute Gasteiger partial charge is 0.491 e. The van der Waals surface area contributed by atoms with Gasteiger partial charge in [-0.2, -0.15) is 0 Å². The Balaban J connectivity index is 2.60. The lowest BCUT2D eigenvalue weighted by Gasteiger charge is -2.10. The first-order valence-electron chi connectivity index (χ1n) is 4.74. The predicted octanol–water partition coefficient (Wildman–Crippen LogP) is 2.65. The highest BCUT2D eigenvalue weighted by Crippen LogP contribution is 2.16. The van der Waals surface area contributed by atoms with E-state index in [1.807, 2.05) is 26.0 Å². The third kappa shape index (κ3) is 4.21. The van der Waals surface area contributed by atoms with Crippen LogP contribution in [0.25, 0.3) is 0 Å². The number of anilines is 1. The SMILES string of the molecule is CC(C)Oc1ccc(NC(=O)CCl)cc1. The Morgan fingerprint density at radius 2 is 2.00 bits per heavy atom. The van der Waals surface area contributed by atoms with Crippen molar-refractivity contribution in [1.82, 2.24) is 0 Å². The number of rotatable bonds is 4. The van der Waals surface area contributed by atoms with E-state index in [-0.39, 0.29) is 17.9 Å². The molecule has 0 bridgehead atoms. The van der Waals surface area contributed by atoms with E-state index in [2.05, 4.69) is 5.32 Å². The van der Waals surface area contributed by atoms with Crippen molar-refractivity contribution in [2.45, 2.75) is 20.0 Å². The molecule has 0 radical (unpaired) electrons. The molecular formula is C11H14ClNO2. The van der Waals surface area contributed by atoms with Gasteiger partial charge in [-0.15, -0.1) is 11.6 Å². The highest BCUT2D eigenvalue weighted by molar-refractivity contribution is 6.29. The third-order valence-electron chi connectivity index (χ3n) is 1.63. The molecule has 4 heteroatoms. The monoisotopic (exact) mass is 227 g/mol. The van der Waals surface area contributed by atoms with E-state index in [0.29, 0.717) is 0 Å². The molecule has 0 saturated carbocycles. The summed E-state index contributed by atoms with van der Waals surface area (Å²) in [6.45, 7) is 3.92. The van der Waals surface area contributed by atoms with Gasteiger partial charge in [0.1, 0.15) is 11.6 Å². The molecule has 0 fully saturated rings. The first-order valence-corrected chi connectivity index (χ1v) is 5.28. The van der Waals surface area contributed by atoms with Crippen molar-refractivity contribution in [3.05, 3.63) is 24.3 Å². The fourth-order valence-electron chi connectivity index (χ4n) is 1.08. The van der Waals surface area contributed by atoms with Gasteiger partial charge < -0.3 is 10.1 Å². The molecule has 1 aromatic carbocycles. The highest BCUT2D eigenvalue weighted by Gasteiger charge is 2.01. The lowest BCUT2D eigenvalue weighted by Crippen LogP contribution is -2.12. The Hall–Kier alpha value is -1.22. The van der Waals surface area contributed by atoms with E-state index >= 15 is 0 Å². The predicted molar refractivity (Wildman–Crippen MR) is 61.6 cm³/mol. The minimum absolute atomic E-state index is 0.0375. The highest BCUT2D eigenvalue weighted by atomic mass is 35.5. The van der Waals surface area contributed by atoms with Crippen LogP contribution in [0, 0.1) is 0 Å². The van der Waals surface area contributed by atoms with Gasteiger partial charge in [-0.05, 0) is 38.1 Å². The Morgan fingerprint density at radius 3 is 2.47 bits per heavy atom. The normalized spacial score (nSPS) is 10.1. The molecule has 0 unspecified atom stereocenters. The average Bonchev–Trinajstić information content (AvgIpc) is 2.20. The minimum atomic E-state index is -0.214. The minimum Gasteiger partial charge on any atom is -0.491 e. The molecule has 0 heterocycles. The molecule has 0 spiro atoms. The van der Waals surface area contributed by atoms with Crippen molar-refractivity contribution >= 4 is 23.2 Å².